The summed E-state index contributed by atoms with van der Waals surface area (Å²) in [6, 6.07) is 15.0. The second kappa shape index (κ2) is 8.46. The third-order valence-electron chi connectivity index (χ3n) is 3.92. The van der Waals surface area contributed by atoms with Crippen LogP contribution in [0.3, 0.4) is 0 Å². The van der Waals surface area contributed by atoms with E-state index in [0.717, 1.165) is 16.3 Å². The number of benzene rings is 2. The lowest BCUT2D eigenvalue weighted by Gasteiger charge is -2.14. The maximum Gasteiger partial charge on any atom is 0.330 e. The number of rotatable bonds is 7. The molecule has 0 unspecified atom stereocenters. The molecular formula is C20H18N2O4S. The van der Waals surface area contributed by atoms with Crippen LogP contribution in [0.2, 0.25) is 0 Å². The molecule has 7 heteroatoms. The number of carbonyl (C=O) groups excluding carboxylic acids is 1. The van der Waals surface area contributed by atoms with Crippen LogP contribution < -0.4 is 10.1 Å². The average molecular weight is 382 g/mol. The third-order valence-corrected chi connectivity index (χ3v) is 4.86. The fourth-order valence-electron chi connectivity index (χ4n) is 2.56. The van der Waals surface area contributed by atoms with Crippen molar-refractivity contribution in [2.75, 3.05) is 7.11 Å². The van der Waals surface area contributed by atoms with E-state index in [9.17, 15) is 14.7 Å². The summed E-state index contributed by atoms with van der Waals surface area (Å²) in [5.74, 6) is -0.736. The lowest BCUT2D eigenvalue weighted by atomic mass is 10.1. The van der Waals surface area contributed by atoms with Crippen LogP contribution in [0.25, 0.3) is 10.6 Å². The number of nitrogens with zero attached hydrogens (tertiary/aromatic N) is 1. The standard InChI is InChI=1S/C20H18N2O4S/c1-26-16-9-7-14(8-10-16)19-21-15(12-27-19)11-17(23)22-18(20(24)25)13-5-3-2-4-6-13/h2-10,12,18H,11H2,1H3,(H,22,23)(H,24,25)/t18-/m0/s1. The largest absolute Gasteiger partial charge is 0.497 e. The van der Waals surface area contributed by atoms with E-state index >= 15 is 0 Å². The zero-order valence-corrected chi connectivity index (χ0v) is 15.4. The molecule has 1 aromatic heterocycles. The van der Waals surface area contributed by atoms with Crippen molar-refractivity contribution in [1.82, 2.24) is 10.3 Å². The number of ether oxygens (including phenoxy) is 1. The molecule has 0 aliphatic heterocycles. The van der Waals surface area contributed by atoms with Crippen molar-refractivity contribution in [3.05, 3.63) is 71.2 Å². The summed E-state index contributed by atoms with van der Waals surface area (Å²) in [6.45, 7) is 0. The van der Waals surface area contributed by atoms with Gasteiger partial charge in [-0.2, -0.15) is 0 Å². The monoisotopic (exact) mass is 382 g/mol. The summed E-state index contributed by atoms with van der Waals surface area (Å²) in [6.07, 6.45) is 0.0171. The molecule has 27 heavy (non-hydrogen) atoms. The van der Waals surface area contributed by atoms with Gasteiger partial charge in [0.15, 0.2) is 6.04 Å². The van der Waals surface area contributed by atoms with Gasteiger partial charge in [-0.3, -0.25) is 4.79 Å². The molecule has 1 atom stereocenters. The van der Waals surface area contributed by atoms with Crippen molar-refractivity contribution in [2.45, 2.75) is 12.5 Å². The van der Waals surface area contributed by atoms with Gasteiger partial charge in [-0.25, -0.2) is 9.78 Å². The van der Waals surface area contributed by atoms with Gasteiger partial charge in [0.25, 0.3) is 0 Å². The van der Waals surface area contributed by atoms with Crippen molar-refractivity contribution >= 4 is 23.2 Å². The van der Waals surface area contributed by atoms with Crippen molar-refractivity contribution in [1.29, 1.82) is 0 Å². The highest BCUT2D eigenvalue weighted by atomic mass is 32.1. The third kappa shape index (κ3) is 4.71. The lowest BCUT2D eigenvalue weighted by Crippen LogP contribution is -2.34. The summed E-state index contributed by atoms with van der Waals surface area (Å²) in [5.41, 5.74) is 2.05. The molecule has 3 aromatic rings. The van der Waals surface area contributed by atoms with Crippen LogP contribution >= 0.6 is 11.3 Å². The Morgan fingerprint density at radius 2 is 1.85 bits per heavy atom. The number of aliphatic carboxylic acids is 1. The fraction of sp³-hybridized carbons (Fsp3) is 0.150. The van der Waals surface area contributed by atoms with Gasteiger partial charge in [0, 0.05) is 10.9 Å². The van der Waals surface area contributed by atoms with E-state index in [0.29, 0.717) is 11.3 Å². The van der Waals surface area contributed by atoms with Crippen LogP contribution in [0.4, 0.5) is 0 Å². The lowest BCUT2D eigenvalue weighted by molar-refractivity contribution is -0.142. The molecule has 0 aliphatic carbocycles. The molecule has 0 aliphatic rings. The molecule has 1 heterocycles. The predicted octanol–water partition coefficient (Wildman–Crippen LogP) is 3.30. The number of aromatic nitrogens is 1. The Bertz CT molecular complexity index is 923. The van der Waals surface area contributed by atoms with Gasteiger partial charge in [-0.05, 0) is 29.8 Å². The molecule has 138 valence electrons. The average Bonchev–Trinajstić information content (AvgIpc) is 3.15. The van der Waals surface area contributed by atoms with Gasteiger partial charge < -0.3 is 15.2 Å². The van der Waals surface area contributed by atoms with Crippen molar-refractivity contribution < 1.29 is 19.4 Å². The van der Waals surface area contributed by atoms with Crippen LogP contribution in [0.1, 0.15) is 17.3 Å². The zero-order chi connectivity index (χ0) is 19.2. The van der Waals surface area contributed by atoms with Crippen LogP contribution in [0.5, 0.6) is 5.75 Å². The topological polar surface area (TPSA) is 88.5 Å². The van der Waals surface area contributed by atoms with Gasteiger partial charge in [0.05, 0.1) is 19.2 Å². The molecule has 1 amide bonds. The smallest absolute Gasteiger partial charge is 0.330 e. The first-order valence-electron chi connectivity index (χ1n) is 8.23. The maximum atomic E-state index is 12.3. The summed E-state index contributed by atoms with van der Waals surface area (Å²) in [7, 11) is 1.61. The highest BCUT2D eigenvalue weighted by Crippen LogP contribution is 2.26. The first kappa shape index (κ1) is 18.6. The summed E-state index contributed by atoms with van der Waals surface area (Å²) >= 11 is 1.43. The highest BCUT2D eigenvalue weighted by molar-refractivity contribution is 7.13. The quantitative estimate of drug-likeness (QED) is 0.654. The Balaban J connectivity index is 1.67. The predicted molar refractivity (Wildman–Crippen MR) is 103 cm³/mol. The van der Waals surface area contributed by atoms with Gasteiger partial charge in [0.2, 0.25) is 5.91 Å². The Morgan fingerprint density at radius 3 is 2.48 bits per heavy atom. The minimum absolute atomic E-state index is 0.0171. The molecule has 0 saturated heterocycles. The van der Waals surface area contributed by atoms with E-state index < -0.39 is 17.9 Å². The van der Waals surface area contributed by atoms with Crippen molar-refractivity contribution in [3.63, 3.8) is 0 Å². The number of amides is 1. The highest BCUT2D eigenvalue weighted by Gasteiger charge is 2.22. The van der Waals surface area contributed by atoms with E-state index in [1.165, 1.54) is 11.3 Å². The zero-order valence-electron chi connectivity index (χ0n) is 14.6. The second-order valence-corrected chi connectivity index (χ2v) is 6.66. The molecule has 0 fully saturated rings. The van der Waals surface area contributed by atoms with Gasteiger partial charge in [-0.15, -0.1) is 11.3 Å². The molecule has 6 nitrogen and oxygen atoms in total. The van der Waals surface area contributed by atoms with Crippen molar-refractivity contribution in [3.8, 4) is 16.3 Å². The molecular weight excluding hydrogens is 364 g/mol. The van der Waals surface area contributed by atoms with E-state index in [4.69, 9.17) is 4.74 Å². The SMILES string of the molecule is COc1ccc(-c2nc(CC(=O)N[C@H](C(=O)O)c3ccccc3)cs2)cc1. The molecule has 0 spiro atoms. The molecule has 0 radical (unpaired) electrons. The van der Waals surface area contributed by atoms with E-state index in [1.54, 1.807) is 42.8 Å². The number of thiazole rings is 1. The van der Waals surface area contributed by atoms with E-state index in [-0.39, 0.29) is 6.42 Å². The van der Waals surface area contributed by atoms with E-state index in [2.05, 4.69) is 10.3 Å². The summed E-state index contributed by atoms with van der Waals surface area (Å²) in [5, 5.41) is 14.5. The Morgan fingerprint density at radius 1 is 1.15 bits per heavy atom. The van der Waals surface area contributed by atoms with Gasteiger partial charge in [-0.1, -0.05) is 30.3 Å². The number of methoxy groups -OCH3 is 1. The number of nitrogens with one attached hydrogen (secondary N) is 1. The van der Waals surface area contributed by atoms with Crippen LogP contribution in [-0.4, -0.2) is 29.1 Å². The van der Waals surface area contributed by atoms with Crippen LogP contribution in [-0.2, 0) is 16.0 Å². The van der Waals surface area contributed by atoms with Gasteiger partial charge >= 0.3 is 5.97 Å². The molecule has 3 rings (SSSR count). The van der Waals surface area contributed by atoms with Crippen molar-refractivity contribution in [2.24, 2.45) is 0 Å². The Kier molecular flexibility index (Phi) is 5.83. The first-order chi connectivity index (χ1) is 13.1. The Labute approximate surface area is 160 Å². The second-order valence-electron chi connectivity index (χ2n) is 5.80. The van der Waals surface area contributed by atoms with E-state index in [1.807, 2.05) is 24.3 Å². The molecule has 0 saturated carbocycles. The molecule has 2 aromatic carbocycles. The normalized spacial score (nSPS) is 11.6. The summed E-state index contributed by atoms with van der Waals surface area (Å²) in [4.78, 5) is 28.3. The number of carboxylic acids is 1. The molecule has 2 N–H and O–H groups in total. The minimum Gasteiger partial charge on any atom is -0.497 e. The maximum absolute atomic E-state index is 12.3. The number of carboxylic acid groups (broad SMARTS) is 1. The number of carbonyl (C=O) groups is 2. The first-order valence-corrected chi connectivity index (χ1v) is 9.10. The fourth-order valence-corrected chi connectivity index (χ4v) is 3.39. The summed E-state index contributed by atoms with van der Waals surface area (Å²) < 4.78 is 5.14. The number of hydrogen-bond acceptors (Lipinski definition) is 5. The Hall–Kier alpha value is -3.19. The van der Waals surface area contributed by atoms with Gasteiger partial charge in [0.1, 0.15) is 10.8 Å². The van der Waals surface area contributed by atoms with Crippen LogP contribution in [0.15, 0.2) is 60.0 Å². The van der Waals surface area contributed by atoms with Crippen LogP contribution in [0, 0.1) is 0 Å². The number of hydrogen-bond donors (Lipinski definition) is 2. The molecule has 0 bridgehead atoms. The minimum atomic E-state index is -1.10.